The molecule has 5 heteroatoms. The molecule has 2 aromatic rings. The van der Waals surface area contributed by atoms with Crippen LogP contribution in [0, 0.1) is 23.2 Å². The Hall–Kier alpha value is -3.13. The van der Waals surface area contributed by atoms with E-state index in [1.54, 1.807) is 6.07 Å². The van der Waals surface area contributed by atoms with Gasteiger partial charge < -0.3 is 9.47 Å². The van der Waals surface area contributed by atoms with E-state index in [9.17, 15) is 0 Å². The summed E-state index contributed by atoms with van der Waals surface area (Å²) in [6.45, 7) is 12.1. The Morgan fingerprint density at radius 3 is 1.97 bits per heavy atom. The van der Waals surface area contributed by atoms with E-state index < -0.39 is 0 Å². The van der Waals surface area contributed by atoms with Gasteiger partial charge >= 0.3 is 0 Å². The van der Waals surface area contributed by atoms with Crippen LogP contribution >= 0.6 is 0 Å². The highest BCUT2D eigenvalue weighted by atomic mass is 16.5. The van der Waals surface area contributed by atoms with Gasteiger partial charge in [0.05, 0.1) is 24.5 Å². The maximum atomic E-state index is 8.80. The summed E-state index contributed by atoms with van der Waals surface area (Å²) in [7, 11) is 0. The molecule has 0 saturated heterocycles. The van der Waals surface area contributed by atoms with Crippen molar-refractivity contribution in [2.75, 3.05) is 13.2 Å². The van der Waals surface area contributed by atoms with E-state index in [1.165, 1.54) is 0 Å². The molecule has 0 bridgehead atoms. The molecule has 1 aliphatic rings. The minimum atomic E-state index is 0.608. The summed E-state index contributed by atoms with van der Waals surface area (Å²) in [5, 5.41) is 17.1. The van der Waals surface area contributed by atoms with Gasteiger partial charge in [-0.15, -0.1) is 0 Å². The minimum absolute atomic E-state index is 0.608. The number of nitriles is 1. The Bertz CT molecular complexity index is 955. The molecule has 0 saturated carbocycles. The zero-order valence-corrected chi connectivity index (χ0v) is 20.0. The van der Waals surface area contributed by atoms with Crippen molar-refractivity contribution < 1.29 is 9.47 Å². The van der Waals surface area contributed by atoms with Crippen molar-refractivity contribution in [3.8, 4) is 17.6 Å². The molecule has 0 fully saturated rings. The van der Waals surface area contributed by atoms with Crippen LogP contribution in [-0.2, 0) is 0 Å². The highest BCUT2D eigenvalue weighted by molar-refractivity contribution is 6.15. The van der Waals surface area contributed by atoms with E-state index in [1.807, 2.05) is 43.3 Å². The van der Waals surface area contributed by atoms with Crippen LogP contribution in [0.25, 0.3) is 0 Å². The van der Waals surface area contributed by atoms with Gasteiger partial charge in [-0.3, -0.25) is 0 Å². The first-order valence-corrected chi connectivity index (χ1v) is 11.3. The molecular formula is C27H35N3O2. The second-order valence-electron chi connectivity index (χ2n) is 8.72. The number of benzene rings is 2. The quantitative estimate of drug-likeness (QED) is 0.444. The lowest BCUT2D eigenvalue weighted by Gasteiger charge is -2.12. The van der Waals surface area contributed by atoms with Crippen LogP contribution in [0.2, 0.25) is 0 Å². The molecule has 0 aromatic heterocycles. The summed E-state index contributed by atoms with van der Waals surface area (Å²) in [6.07, 6.45) is 2.90. The topological polar surface area (TPSA) is 67.0 Å². The largest absolute Gasteiger partial charge is 0.493 e. The van der Waals surface area contributed by atoms with E-state index >= 15 is 0 Å². The maximum Gasteiger partial charge on any atom is 0.137 e. The summed E-state index contributed by atoms with van der Waals surface area (Å²) in [5.74, 6) is 2.90. The Labute approximate surface area is 192 Å². The molecule has 1 heterocycles. The molecule has 1 aliphatic heterocycles. The number of hydrogen-bond acceptors (Lipinski definition) is 5. The zero-order chi connectivity index (χ0) is 23.3. The third-order valence-electron chi connectivity index (χ3n) is 4.88. The van der Waals surface area contributed by atoms with Crippen molar-refractivity contribution in [3.63, 3.8) is 0 Å². The first-order valence-electron chi connectivity index (χ1n) is 11.3. The van der Waals surface area contributed by atoms with Gasteiger partial charge in [0.15, 0.2) is 0 Å². The summed E-state index contributed by atoms with van der Waals surface area (Å²) >= 11 is 0. The van der Waals surface area contributed by atoms with Crippen molar-refractivity contribution >= 4 is 11.4 Å². The maximum absolute atomic E-state index is 8.80. The highest BCUT2D eigenvalue weighted by Gasteiger charge is 2.15. The molecule has 0 atom stereocenters. The molecule has 3 rings (SSSR count). The van der Waals surface area contributed by atoms with Crippen LogP contribution in [0.5, 0.6) is 11.5 Å². The number of nitrogens with zero attached hydrogens (tertiary/aromatic N) is 3. The van der Waals surface area contributed by atoms with Crippen LogP contribution in [-0.4, -0.2) is 24.6 Å². The Morgan fingerprint density at radius 2 is 1.41 bits per heavy atom. The molecular weight excluding hydrogens is 398 g/mol. The van der Waals surface area contributed by atoms with E-state index in [4.69, 9.17) is 14.7 Å². The Balaban J connectivity index is 0.000000235. The van der Waals surface area contributed by atoms with E-state index in [-0.39, 0.29) is 0 Å². The third kappa shape index (κ3) is 8.55. The second-order valence-corrected chi connectivity index (χ2v) is 8.72. The number of para-hydroxylation sites is 2. The van der Waals surface area contributed by atoms with Crippen LogP contribution in [0.3, 0.4) is 0 Å². The van der Waals surface area contributed by atoms with Crippen LogP contribution < -0.4 is 9.47 Å². The van der Waals surface area contributed by atoms with E-state index in [0.29, 0.717) is 29.8 Å². The standard InChI is InChI=1S/C15H20N2O.C12H15NO/c1-11(2)8-9-18-15-7-5-4-6-13(15)14-10-12(3)16-17-14;1-10(2)7-8-14-12-6-4-3-5-11(12)9-13/h4-7,11H,8-10H2,1-3H3;3-6,10H,7-8H2,1-2H3. The highest BCUT2D eigenvalue weighted by Crippen LogP contribution is 2.23. The van der Waals surface area contributed by atoms with Gasteiger partial charge in [0.25, 0.3) is 0 Å². The SMILES string of the molecule is CC(C)CCOc1ccccc1C#N.CC1=NN=C(c2ccccc2OCCC(C)C)C1. The van der Waals surface area contributed by atoms with Gasteiger partial charge in [0.1, 0.15) is 17.6 Å². The lowest BCUT2D eigenvalue weighted by molar-refractivity contribution is 0.288. The van der Waals surface area contributed by atoms with Crippen molar-refractivity contribution in [3.05, 3.63) is 59.7 Å². The third-order valence-corrected chi connectivity index (χ3v) is 4.88. The number of ether oxygens (including phenoxy) is 2. The fourth-order valence-corrected chi connectivity index (χ4v) is 2.93. The average molecular weight is 434 g/mol. The molecule has 32 heavy (non-hydrogen) atoms. The molecule has 0 aliphatic carbocycles. The number of rotatable bonds is 9. The zero-order valence-electron chi connectivity index (χ0n) is 20.0. The lowest BCUT2D eigenvalue weighted by atomic mass is 10.0. The first kappa shape index (κ1) is 25.1. The van der Waals surface area contributed by atoms with E-state index in [0.717, 1.165) is 48.6 Å². The smallest absolute Gasteiger partial charge is 0.137 e. The predicted octanol–water partition coefficient (Wildman–Crippen LogP) is 6.66. The Morgan fingerprint density at radius 1 is 0.844 bits per heavy atom. The lowest BCUT2D eigenvalue weighted by Crippen LogP contribution is -2.07. The van der Waals surface area contributed by atoms with Crippen LogP contribution in [0.15, 0.2) is 58.7 Å². The predicted molar refractivity (Wildman–Crippen MR) is 132 cm³/mol. The molecule has 0 spiro atoms. The van der Waals surface area contributed by atoms with Crippen molar-refractivity contribution in [1.82, 2.24) is 0 Å². The minimum Gasteiger partial charge on any atom is -0.493 e. The van der Waals surface area contributed by atoms with Gasteiger partial charge in [-0.1, -0.05) is 52.0 Å². The van der Waals surface area contributed by atoms with Crippen molar-refractivity contribution in [2.45, 2.75) is 53.9 Å². The van der Waals surface area contributed by atoms with Gasteiger partial charge in [-0.25, -0.2) is 0 Å². The van der Waals surface area contributed by atoms with Gasteiger partial charge in [-0.05, 0) is 55.9 Å². The summed E-state index contributed by atoms with van der Waals surface area (Å²) in [5.41, 5.74) is 3.74. The molecule has 170 valence electrons. The Kier molecular flexibility index (Phi) is 10.5. The molecule has 0 N–H and O–H groups in total. The molecule has 0 radical (unpaired) electrons. The number of hydrogen-bond donors (Lipinski definition) is 0. The van der Waals surface area contributed by atoms with Crippen molar-refractivity contribution in [2.24, 2.45) is 22.0 Å². The molecule has 0 unspecified atom stereocenters. The summed E-state index contributed by atoms with van der Waals surface area (Å²) in [6, 6.07) is 17.5. The van der Waals surface area contributed by atoms with Gasteiger partial charge in [0.2, 0.25) is 0 Å². The normalized spacial score (nSPS) is 12.6. The fraction of sp³-hybridized carbons (Fsp3) is 0.444. The second kappa shape index (κ2) is 13.3. The van der Waals surface area contributed by atoms with Gasteiger partial charge in [0, 0.05) is 17.7 Å². The molecule has 2 aromatic carbocycles. The summed E-state index contributed by atoms with van der Waals surface area (Å²) in [4.78, 5) is 0. The van der Waals surface area contributed by atoms with E-state index in [2.05, 4.69) is 50.0 Å². The molecule has 5 nitrogen and oxygen atoms in total. The van der Waals surface area contributed by atoms with Crippen molar-refractivity contribution in [1.29, 1.82) is 5.26 Å². The average Bonchev–Trinajstić information content (AvgIpc) is 3.20. The summed E-state index contributed by atoms with van der Waals surface area (Å²) < 4.78 is 11.4. The van der Waals surface area contributed by atoms with Crippen LogP contribution in [0.4, 0.5) is 0 Å². The fourth-order valence-electron chi connectivity index (χ4n) is 2.93. The van der Waals surface area contributed by atoms with Gasteiger partial charge in [-0.2, -0.15) is 15.5 Å². The monoisotopic (exact) mass is 433 g/mol. The molecule has 0 amide bonds. The van der Waals surface area contributed by atoms with Crippen LogP contribution in [0.1, 0.15) is 65.0 Å². The first-order chi connectivity index (χ1) is 15.4.